The van der Waals surface area contributed by atoms with Gasteiger partial charge in [-0.2, -0.15) is 5.10 Å². The van der Waals surface area contributed by atoms with E-state index in [0.29, 0.717) is 18.7 Å². The molecule has 0 radical (unpaired) electrons. The highest BCUT2D eigenvalue weighted by Gasteiger charge is 2.47. The van der Waals surface area contributed by atoms with Crippen LogP contribution < -0.4 is 15.8 Å². The van der Waals surface area contributed by atoms with Crippen molar-refractivity contribution in [3.05, 3.63) is 21.6 Å². The predicted octanol–water partition coefficient (Wildman–Crippen LogP) is -0.0433. The molecule has 0 bridgehead atoms. The van der Waals surface area contributed by atoms with Crippen LogP contribution in [0.25, 0.3) is 0 Å². The third-order valence-electron chi connectivity index (χ3n) is 4.92. The fourth-order valence-corrected chi connectivity index (χ4v) is 3.61. The van der Waals surface area contributed by atoms with Gasteiger partial charge in [0.15, 0.2) is 0 Å². The fraction of sp³-hybridized carbons (Fsp3) is 0.625. The van der Waals surface area contributed by atoms with Crippen LogP contribution in [0.15, 0.2) is 11.0 Å². The molecule has 0 aliphatic carbocycles. The highest BCUT2D eigenvalue weighted by Crippen LogP contribution is 2.28. The molecule has 3 rings (SSSR count). The number of carbonyl (C=O) groups is 2. The Kier molecular flexibility index (Phi) is 6.22. The second-order valence-electron chi connectivity index (χ2n) is 6.88. The molecule has 3 heterocycles. The first-order valence-electron chi connectivity index (χ1n) is 8.93. The molecule has 2 saturated heterocycles. The molecule has 0 spiro atoms. The van der Waals surface area contributed by atoms with E-state index in [4.69, 9.17) is 21.4 Å². The molecule has 2 atom stereocenters. The summed E-state index contributed by atoms with van der Waals surface area (Å²) >= 11 is 5.96. The first-order chi connectivity index (χ1) is 13.7. The van der Waals surface area contributed by atoms with Gasteiger partial charge in [0, 0.05) is 19.5 Å². The molecule has 2 aliphatic heterocycles. The Hall–Kier alpha value is -2.47. The van der Waals surface area contributed by atoms with Gasteiger partial charge < -0.3 is 25.0 Å². The first kappa shape index (κ1) is 21.2. The normalized spacial score (nSPS) is 23.7. The van der Waals surface area contributed by atoms with Gasteiger partial charge in [0.2, 0.25) is 5.91 Å². The molecule has 160 valence electrons. The molecule has 1 aromatic rings. The standard InChI is InChI=1S/C16H20ClF2N5O5/c17-13-10(5-20-22-14(13)27)23-3-1-9(6-23)29-15(28)21-11-2-4-24(12(26)7-25)8-16(11,18)19/h5,9,11,25H,1-4,6-8H2,(H,21,28)(H,22,27)/t9-,11?/m1/s1. The lowest BCUT2D eigenvalue weighted by Gasteiger charge is -2.38. The lowest BCUT2D eigenvalue weighted by molar-refractivity contribution is -0.147. The number of ether oxygens (including phenoxy) is 1. The minimum Gasteiger partial charge on any atom is -0.444 e. The molecule has 0 saturated carbocycles. The van der Waals surface area contributed by atoms with Crippen LogP contribution in [0.2, 0.25) is 5.02 Å². The zero-order chi connectivity index (χ0) is 21.2. The predicted molar refractivity (Wildman–Crippen MR) is 97.1 cm³/mol. The number of aliphatic hydroxyl groups excluding tert-OH is 1. The number of aliphatic hydroxyl groups is 1. The number of piperidine rings is 1. The van der Waals surface area contributed by atoms with E-state index >= 15 is 0 Å². The number of amides is 2. The number of aromatic amines is 1. The number of alkyl carbamates (subject to hydrolysis) is 1. The molecule has 13 heteroatoms. The Balaban J connectivity index is 1.53. The lowest BCUT2D eigenvalue weighted by atomic mass is 10.0. The Morgan fingerprint density at radius 2 is 2.17 bits per heavy atom. The summed E-state index contributed by atoms with van der Waals surface area (Å²) in [6, 6.07) is -1.48. The summed E-state index contributed by atoms with van der Waals surface area (Å²) in [7, 11) is 0. The number of hydrogen-bond donors (Lipinski definition) is 3. The van der Waals surface area contributed by atoms with Crippen molar-refractivity contribution in [3.8, 4) is 0 Å². The molecular weight excluding hydrogens is 416 g/mol. The second kappa shape index (κ2) is 8.49. The van der Waals surface area contributed by atoms with Crippen LogP contribution in [0.5, 0.6) is 0 Å². The summed E-state index contributed by atoms with van der Waals surface area (Å²) in [5.74, 6) is -4.14. The van der Waals surface area contributed by atoms with Gasteiger partial charge >= 0.3 is 6.09 Å². The fourth-order valence-electron chi connectivity index (χ4n) is 3.40. The maximum absolute atomic E-state index is 14.2. The summed E-state index contributed by atoms with van der Waals surface area (Å²) in [5, 5.41) is 16.8. The number of rotatable bonds is 4. The molecule has 2 amide bonds. The minimum atomic E-state index is -3.35. The molecule has 3 N–H and O–H groups in total. The van der Waals surface area contributed by atoms with Crippen LogP contribution in [0.4, 0.5) is 19.3 Å². The zero-order valence-corrected chi connectivity index (χ0v) is 16.0. The van der Waals surface area contributed by atoms with E-state index in [1.165, 1.54) is 6.20 Å². The van der Waals surface area contributed by atoms with Crippen molar-refractivity contribution in [2.24, 2.45) is 0 Å². The summed E-state index contributed by atoms with van der Waals surface area (Å²) in [6.45, 7) is -1.06. The van der Waals surface area contributed by atoms with Crippen molar-refractivity contribution < 1.29 is 28.2 Å². The lowest BCUT2D eigenvalue weighted by Crippen LogP contribution is -2.59. The van der Waals surface area contributed by atoms with Crippen molar-refractivity contribution in [1.82, 2.24) is 20.4 Å². The number of alkyl halides is 2. The van der Waals surface area contributed by atoms with Crippen molar-refractivity contribution in [2.75, 3.05) is 37.7 Å². The highest BCUT2D eigenvalue weighted by molar-refractivity contribution is 6.33. The third-order valence-corrected chi connectivity index (χ3v) is 5.28. The van der Waals surface area contributed by atoms with Gasteiger partial charge in [-0.1, -0.05) is 11.6 Å². The van der Waals surface area contributed by atoms with Crippen LogP contribution in [-0.4, -0.2) is 83.1 Å². The SMILES string of the molecule is O=C(NC1CCN(C(=O)CO)CC1(F)F)O[C@@H]1CCN(c2cn[nH]c(=O)c2Cl)C1. The Bertz CT molecular complexity index is 838. The van der Waals surface area contributed by atoms with Gasteiger partial charge in [0.05, 0.1) is 31.0 Å². The number of H-pyrrole nitrogens is 1. The average Bonchev–Trinajstić information content (AvgIpc) is 3.12. The number of nitrogens with one attached hydrogen (secondary N) is 2. The van der Waals surface area contributed by atoms with E-state index in [1.54, 1.807) is 4.90 Å². The molecule has 1 aromatic heterocycles. The van der Waals surface area contributed by atoms with Gasteiger partial charge in [0.25, 0.3) is 11.5 Å². The van der Waals surface area contributed by atoms with Gasteiger partial charge in [-0.3, -0.25) is 9.59 Å². The van der Waals surface area contributed by atoms with Crippen LogP contribution in [-0.2, 0) is 9.53 Å². The van der Waals surface area contributed by atoms with E-state index in [1.807, 2.05) is 0 Å². The highest BCUT2D eigenvalue weighted by atomic mass is 35.5. The van der Waals surface area contributed by atoms with Crippen LogP contribution in [0, 0.1) is 0 Å². The Labute approximate surface area is 168 Å². The van der Waals surface area contributed by atoms with Crippen LogP contribution in [0.3, 0.4) is 0 Å². The second-order valence-corrected chi connectivity index (χ2v) is 7.26. The van der Waals surface area contributed by atoms with Crippen molar-refractivity contribution >= 4 is 29.3 Å². The quantitative estimate of drug-likeness (QED) is 0.605. The van der Waals surface area contributed by atoms with E-state index in [9.17, 15) is 23.2 Å². The summed E-state index contributed by atoms with van der Waals surface area (Å²) in [6.07, 6.45) is 0.0807. The van der Waals surface area contributed by atoms with Gasteiger partial charge in [0.1, 0.15) is 17.7 Å². The molecular formula is C16H20ClF2N5O5. The van der Waals surface area contributed by atoms with Crippen molar-refractivity contribution in [3.63, 3.8) is 0 Å². The molecule has 0 aromatic carbocycles. The van der Waals surface area contributed by atoms with Crippen molar-refractivity contribution in [1.29, 1.82) is 0 Å². The topological polar surface area (TPSA) is 128 Å². The maximum Gasteiger partial charge on any atom is 0.407 e. The monoisotopic (exact) mass is 435 g/mol. The molecule has 1 unspecified atom stereocenters. The average molecular weight is 436 g/mol. The first-order valence-corrected chi connectivity index (χ1v) is 9.31. The Morgan fingerprint density at radius 3 is 2.86 bits per heavy atom. The third kappa shape index (κ3) is 4.75. The maximum atomic E-state index is 14.2. The van der Waals surface area contributed by atoms with Gasteiger partial charge in [-0.25, -0.2) is 18.7 Å². The number of nitrogens with zero attached hydrogens (tertiary/aromatic N) is 3. The van der Waals surface area contributed by atoms with E-state index < -0.39 is 48.8 Å². The number of aromatic nitrogens is 2. The summed E-state index contributed by atoms with van der Waals surface area (Å²) in [4.78, 5) is 37.6. The zero-order valence-electron chi connectivity index (χ0n) is 15.2. The summed E-state index contributed by atoms with van der Waals surface area (Å²) < 4.78 is 33.7. The minimum absolute atomic E-state index is 0.00874. The number of anilines is 1. The van der Waals surface area contributed by atoms with Crippen molar-refractivity contribution in [2.45, 2.75) is 30.9 Å². The van der Waals surface area contributed by atoms with Gasteiger partial charge in [-0.05, 0) is 6.42 Å². The number of likely N-dealkylation sites (tertiary alicyclic amines) is 1. The van der Waals surface area contributed by atoms with Crippen LogP contribution >= 0.6 is 11.6 Å². The summed E-state index contributed by atoms with van der Waals surface area (Å²) in [5.41, 5.74) is -0.145. The van der Waals surface area contributed by atoms with Crippen LogP contribution in [0.1, 0.15) is 12.8 Å². The Morgan fingerprint density at radius 1 is 1.41 bits per heavy atom. The van der Waals surface area contributed by atoms with E-state index in [2.05, 4.69) is 15.5 Å². The number of hydrogen-bond acceptors (Lipinski definition) is 7. The molecule has 29 heavy (non-hydrogen) atoms. The van der Waals surface area contributed by atoms with Gasteiger partial charge in [-0.15, -0.1) is 0 Å². The number of carbonyl (C=O) groups excluding carboxylic acids is 2. The largest absolute Gasteiger partial charge is 0.444 e. The number of halogens is 3. The smallest absolute Gasteiger partial charge is 0.407 e. The van der Waals surface area contributed by atoms with E-state index in [-0.39, 0.29) is 24.5 Å². The molecule has 10 nitrogen and oxygen atoms in total. The molecule has 2 aliphatic rings. The molecule has 2 fully saturated rings. The van der Waals surface area contributed by atoms with E-state index in [0.717, 1.165) is 4.90 Å².